The zero-order valence-corrected chi connectivity index (χ0v) is 16.3. The Hall–Kier alpha value is -0.437. The van der Waals surface area contributed by atoms with Gasteiger partial charge < -0.3 is 19.8 Å². The summed E-state index contributed by atoms with van der Waals surface area (Å²) < 4.78 is 0. The molecule has 0 aromatic carbocycles. The van der Waals surface area contributed by atoms with Crippen LogP contribution in [0.1, 0.15) is 65.2 Å². The van der Waals surface area contributed by atoms with Gasteiger partial charge >= 0.3 is 19.5 Å². The van der Waals surface area contributed by atoms with Gasteiger partial charge in [-0.05, 0) is 49.4 Å². The average molecular weight is 348 g/mol. The first-order valence-corrected chi connectivity index (χ1v) is 7.81. The molecule has 0 aliphatic heterocycles. The summed E-state index contributed by atoms with van der Waals surface area (Å²) in [6.45, 7) is 4.34. The predicted molar refractivity (Wildman–Crippen MR) is 72.3 cm³/mol. The van der Waals surface area contributed by atoms with Gasteiger partial charge in [-0.25, -0.2) is 0 Å². The van der Waals surface area contributed by atoms with E-state index in [9.17, 15) is 19.8 Å². The van der Waals surface area contributed by atoms with E-state index in [0.29, 0.717) is 0 Å². The molecule has 21 heavy (non-hydrogen) atoms. The number of carbonyl (C=O) groups is 2. The van der Waals surface area contributed by atoms with Gasteiger partial charge in [-0.3, -0.25) is 0 Å². The van der Waals surface area contributed by atoms with Crippen LogP contribution in [-0.4, -0.2) is 11.9 Å². The van der Waals surface area contributed by atoms with E-state index < -0.39 is 11.9 Å². The van der Waals surface area contributed by atoms with E-state index in [1.54, 1.807) is 0 Å². The van der Waals surface area contributed by atoms with E-state index >= 15 is 0 Å². The van der Waals surface area contributed by atoms with Gasteiger partial charge in [0, 0.05) is 11.9 Å². The number of carboxylic acid groups (broad SMARTS) is 2. The van der Waals surface area contributed by atoms with E-state index in [4.69, 9.17) is 0 Å². The minimum Gasteiger partial charge on any atom is -0.550 e. The average Bonchev–Trinajstić information content (AvgIpc) is 2.40. The molecule has 5 heteroatoms. The Morgan fingerprint density at radius 1 is 0.667 bits per heavy atom. The molecule has 4 nitrogen and oxygen atoms in total. The van der Waals surface area contributed by atoms with Crippen molar-refractivity contribution < 1.29 is 39.3 Å². The fourth-order valence-electron chi connectivity index (χ4n) is 2.99. The van der Waals surface area contributed by atoms with Gasteiger partial charge in [0.15, 0.2) is 0 Å². The molecule has 0 bridgehead atoms. The van der Waals surface area contributed by atoms with Crippen LogP contribution in [0.3, 0.4) is 0 Å². The molecule has 0 saturated heterocycles. The van der Waals surface area contributed by atoms with E-state index in [1.807, 2.05) is 0 Å². The van der Waals surface area contributed by atoms with E-state index in [0.717, 1.165) is 63.2 Å². The topological polar surface area (TPSA) is 80.3 Å². The van der Waals surface area contributed by atoms with Gasteiger partial charge in [-0.2, -0.15) is 0 Å². The second-order valence-electron chi connectivity index (χ2n) is 6.55. The second-order valence-corrected chi connectivity index (χ2v) is 6.55. The number of rotatable bonds is 2. The van der Waals surface area contributed by atoms with E-state index in [-0.39, 0.29) is 31.3 Å². The molecule has 0 aromatic rings. The Labute approximate surface area is 140 Å². The van der Waals surface area contributed by atoms with Crippen molar-refractivity contribution in [2.75, 3.05) is 0 Å². The molecule has 2 saturated carbocycles. The van der Waals surface area contributed by atoms with Crippen molar-refractivity contribution in [1.82, 2.24) is 0 Å². The van der Waals surface area contributed by atoms with Gasteiger partial charge in [0.05, 0.1) is 0 Å². The second kappa shape index (κ2) is 10.3. The molecule has 0 heterocycles. The molecule has 0 aromatic heterocycles. The van der Waals surface area contributed by atoms with Crippen LogP contribution < -0.4 is 10.2 Å². The van der Waals surface area contributed by atoms with Crippen molar-refractivity contribution >= 4 is 11.9 Å². The number of carboxylic acids is 2. The summed E-state index contributed by atoms with van der Waals surface area (Å²) >= 11 is 0. The Kier molecular flexibility index (Phi) is 10.1. The Morgan fingerprint density at radius 3 is 1.10 bits per heavy atom. The van der Waals surface area contributed by atoms with Crippen LogP contribution in [0.15, 0.2) is 0 Å². The molecule has 0 atom stereocenters. The summed E-state index contributed by atoms with van der Waals surface area (Å²) in [6.07, 6.45) is 7.51. The third-order valence-corrected chi connectivity index (χ3v) is 4.70. The summed E-state index contributed by atoms with van der Waals surface area (Å²) in [4.78, 5) is 20.7. The van der Waals surface area contributed by atoms with Crippen molar-refractivity contribution in [3.63, 3.8) is 0 Å². The molecule has 0 amide bonds. The standard InChI is InChI=1S/2C8H14O2.Zn/c2*1-6-2-4-7(5-3-6)8(9)10;/h2*6-7H,2-5H2,1H3,(H,9,10);/q;;+2/p-2. The maximum atomic E-state index is 10.3. The molecule has 116 valence electrons. The van der Waals surface area contributed by atoms with E-state index in [2.05, 4.69) is 13.8 Å². The molecule has 2 aliphatic carbocycles. The number of hydrogen-bond donors (Lipinski definition) is 0. The Bertz CT molecular complexity index is 284. The van der Waals surface area contributed by atoms with Gasteiger partial charge in [-0.1, -0.05) is 39.5 Å². The van der Waals surface area contributed by atoms with E-state index in [1.165, 1.54) is 0 Å². The van der Waals surface area contributed by atoms with Gasteiger partial charge in [0.25, 0.3) is 0 Å². The third-order valence-electron chi connectivity index (χ3n) is 4.70. The first kappa shape index (κ1) is 20.6. The predicted octanol–water partition coefficient (Wildman–Crippen LogP) is 1.12. The molecular weight excluding hydrogens is 322 g/mol. The smallest absolute Gasteiger partial charge is 0.550 e. The normalized spacial score (nSPS) is 32.1. The van der Waals surface area contributed by atoms with Crippen molar-refractivity contribution in [1.29, 1.82) is 0 Å². The summed E-state index contributed by atoms with van der Waals surface area (Å²) in [5.74, 6) is -0.586. The summed E-state index contributed by atoms with van der Waals surface area (Å²) in [7, 11) is 0. The van der Waals surface area contributed by atoms with Gasteiger partial charge in [0.1, 0.15) is 0 Å². The molecule has 0 N–H and O–H groups in total. The molecular formula is C16H26O4Zn. The minimum absolute atomic E-state index is 0. The van der Waals surface area contributed by atoms with Crippen LogP contribution >= 0.6 is 0 Å². The van der Waals surface area contributed by atoms with Crippen molar-refractivity contribution in [3.05, 3.63) is 0 Å². The molecule has 2 rings (SSSR count). The molecule has 0 unspecified atom stereocenters. The zero-order valence-electron chi connectivity index (χ0n) is 13.3. The van der Waals surface area contributed by atoms with Crippen LogP contribution in [0, 0.1) is 23.7 Å². The SMILES string of the molecule is CC1CCC(C(=O)[O-])CC1.CC1CCC(C(=O)[O-])CC1.[Zn+2]. The fraction of sp³-hybridized carbons (Fsp3) is 0.875. The van der Waals surface area contributed by atoms with Crippen LogP contribution in [0.4, 0.5) is 0 Å². The Morgan fingerprint density at radius 2 is 0.905 bits per heavy atom. The van der Waals surface area contributed by atoms with Crippen LogP contribution in [0.5, 0.6) is 0 Å². The van der Waals surface area contributed by atoms with Crippen LogP contribution in [-0.2, 0) is 29.1 Å². The minimum atomic E-state index is -0.855. The number of carbonyl (C=O) groups excluding carboxylic acids is 2. The monoisotopic (exact) mass is 346 g/mol. The molecule has 0 spiro atoms. The van der Waals surface area contributed by atoms with Gasteiger partial charge in [0.2, 0.25) is 0 Å². The quantitative estimate of drug-likeness (QED) is 0.701. The maximum absolute atomic E-state index is 10.3. The number of aliphatic carboxylic acids is 2. The van der Waals surface area contributed by atoms with Gasteiger partial charge in [-0.15, -0.1) is 0 Å². The first-order valence-electron chi connectivity index (χ1n) is 7.81. The maximum Gasteiger partial charge on any atom is 2.00 e. The van der Waals surface area contributed by atoms with Crippen molar-refractivity contribution in [2.45, 2.75) is 65.2 Å². The fourth-order valence-corrected chi connectivity index (χ4v) is 2.99. The zero-order chi connectivity index (χ0) is 15.1. The summed E-state index contributed by atoms with van der Waals surface area (Å²) in [6, 6.07) is 0. The van der Waals surface area contributed by atoms with Crippen LogP contribution in [0.2, 0.25) is 0 Å². The number of hydrogen-bond acceptors (Lipinski definition) is 4. The van der Waals surface area contributed by atoms with Crippen molar-refractivity contribution in [3.8, 4) is 0 Å². The van der Waals surface area contributed by atoms with Crippen LogP contribution in [0.25, 0.3) is 0 Å². The molecule has 2 aliphatic rings. The largest absolute Gasteiger partial charge is 2.00 e. The summed E-state index contributed by atoms with van der Waals surface area (Å²) in [5.41, 5.74) is 0. The van der Waals surface area contributed by atoms with Crippen molar-refractivity contribution in [2.24, 2.45) is 23.7 Å². The molecule has 0 radical (unpaired) electrons. The first-order chi connectivity index (χ1) is 9.40. The summed E-state index contributed by atoms with van der Waals surface area (Å²) in [5, 5.41) is 20.7. The Balaban J connectivity index is 0.000000364. The molecule has 2 fully saturated rings. The third kappa shape index (κ3) is 7.94.